The highest BCUT2D eigenvalue weighted by molar-refractivity contribution is 4.90. The van der Waals surface area contributed by atoms with E-state index in [1.54, 1.807) is 0 Å². The van der Waals surface area contributed by atoms with Crippen LogP contribution in [0.4, 0.5) is 0 Å². The van der Waals surface area contributed by atoms with E-state index >= 15 is 0 Å². The van der Waals surface area contributed by atoms with Crippen LogP contribution in [-0.4, -0.2) is 31.5 Å². The topological polar surface area (TPSA) is 44.5 Å². The highest BCUT2D eigenvalue weighted by Crippen LogP contribution is 2.37. The second-order valence-corrected chi connectivity index (χ2v) is 4.76. The Morgan fingerprint density at radius 1 is 1.29 bits per heavy atom. The summed E-state index contributed by atoms with van der Waals surface area (Å²) in [5.41, 5.74) is 6.08. The van der Waals surface area contributed by atoms with Crippen molar-refractivity contribution in [1.82, 2.24) is 0 Å². The van der Waals surface area contributed by atoms with Crippen LogP contribution in [0.15, 0.2) is 0 Å². The molecule has 0 aromatic heterocycles. The van der Waals surface area contributed by atoms with Crippen LogP contribution in [0.1, 0.15) is 32.6 Å². The molecular weight excluding hydrogens is 178 g/mol. The van der Waals surface area contributed by atoms with Crippen LogP contribution in [-0.2, 0) is 9.47 Å². The average molecular weight is 199 g/mol. The van der Waals surface area contributed by atoms with Crippen LogP contribution in [0, 0.1) is 5.92 Å². The highest BCUT2D eigenvalue weighted by atomic mass is 16.5. The Balaban J connectivity index is 1.97. The van der Waals surface area contributed by atoms with Gasteiger partial charge in [-0.2, -0.15) is 0 Å². The number of hydrogen-bond acceptors (Lipinski definition) is 3. The van der Waals surface area contributed by atoms with E-state index in [4.69, 9.17) is 15.2 Å². The molecule has 2 rings (SSSR count). The van der Waals surface area contributed by atoms with Gasteiger partial charge in [-0.25, -0.2) is 0 Å². The molecule has 14 heavy (non-hydrogen) atoms. The van der Waals surface area contributed by atoms with Gasteiger partial charge in [0.05, 0.1) is 5.60 Å². The molecule has 2 saturated heterocycles. The lowest BCUT2D eigenvalue weighted by molar-refractivity contribution is -0.148. The SMILES string of the molecule is CC(N)C1CCOC2(CCOCC2)C1. The molecular formula is C11H21NO2. The maximum atomic E-state index is 5.97. The lowest BCUT2D eigenvalue weighted by atomic mass is 9.78. The molecule has 0 aromatic carbocycles. The Morgan fingerprint density at radius 3 is 2.64 bits per heavy atom. The summed E-state index contributed by atoms with van der Waals surface area (Å²) in [6.07, 6.45) is 4.36. The summed E-state index contributed by atoms with van der Waals surface area (Å²) in [7, 11) is 0. The minimum Gasteiger partial charge on any atom is -0.381 e. The summed E-state index contributed by atoms with van der Waals surface area (Å²) in [6, 6.07) is 0.304. The summed E-state index contributed by atoms with van der Waals surface area (Å²) in [4.78, 5) is 0. The van der Waals surface area contributed by atoms with Crippen molar-refractivity contribution in [3.05, 3.63) is 0 Å². The zero-order valence-electron chi connectivity index (χ0n) is 9.00. The van der Waals surface area contributed by atoms with E-state index < -0.39 is 0 Å². The largest absolute Gasteiger partial charge is 0.381 e. The summed E-state index contributed by atoms with van der Waals surface area (Å²) in [5.74, 6) is 0.641. The molecule has 3 nitrogen and oxygen atoms in total. The number of ether oxygens (including phenoxy) is 2. The van der Waals surface area contributed by atoms with Crippen molar-refractivity contribution in [2.24, 2.45) is 11.7 Å². The smallest absolute Gasteiger partial charge is 0.0729 e. The van der Waals surface area contributed by atoms with E-state index in [0.29, 0.717) is 12.0 Å². The van der Waals surface area contributed by atoms with Crippen LogP contribution in [0.5, 0.6) is 0 Å². The maximum Gasteiger partial charge on any atom is 0.0729 e. The quantitative estimate of drug-likeness (QED) is 0.692. The van der Waals surface area contributed by atoms with Gasteiger partial charge in [-0.3, -0.25) is 0 Å². The van der Waals surface area contributed by atoms with E-state index in [2.05, 4.69) is 6.92 Å². The lowest BCUT2D eigenvalue weighted by Crippen LogP contribution is -2.47. The van der Waals surface area contributed by atoms with Gasteiger partial charge < -0.3 is 15.2 Å². The molecule has 2 fully saturated rings. The third-order valence-corrected chi connectivity index (χ3v) is 3.68. The molecule has 0 aromatic rings. The minimum absolute atomic E-state index is 0.106. The van der Waals surface area contributed by atoms with E-state index in [9.17, 15) is 0 Å². The fraction of sp³-hybridized carbons (Fsp3) is 1.00. The monoisotopic (exact) mass is 199 g/mol. The molecule has 0 saturated carbocycles. The van der Waals surface area contributed by atoms with Crippen LogP contribution < -0.4 is 5.73 Å². The predicted molar refractivity (Wildman–Crippen MR) is 55.1 cm³/mol. The molecule has 2 aliphatic heterocycles. The first-order valence-electron chi connectivity index (χ1n) is 5.69. The Hall–Kier alpha value is -0.120. The first-order valence-corrected chi connectivity index (χ1v) is 5.69. The van der Waals surface area contributed by atoms with Gasteiger partial charge in [-0.05, 0) is 38.5 Å². The first-order chi connectivity index (χ1) is 6.72. The minimum atomic E-state index is 0.106. The molecule has 0 radical (unpaired) electrons. The fourth-order valence-corrected chi connectivity index (χ4v) is 2.61. The Morgan fingerprint density at radius 2 is 2.00 bits per heavy atom. The molecule has 0 aliphatic carbocycles. The highest BCUT2D eigenvalue weighted by Gasteiger charge is 2.39. The molecule has 2 atom stereocenters. The van der Waals surface area contributed by atoms with Crippen LogP contribution in [0.25, 0.3) is 0 Å². The normalized spacial score (nSPS) is 34.3. The van der Waals surface area contributed by atoms with Gasteiger partial charge in [0.25, 0.3) is 0 Å². The van der Waals surface area contributed by atoms with Crippen molar-refractivity contribution in [3.8, 4) is 0 Å². The zero-order chi connectivity index (χ0) is 10.0. The molecule has 0 bridgehead atoms. The molecule has 0 amide bonds. The Bertz CT molecular complexity index is 182. The number of hydrogen-bond donors (Lipinski definition) is 1. The van der Waals surface area contributed by atoms with E-state index in [0.717, 1.165) is 45.5 Å². The van der Waals surface area contributed by atoms with Gasteiger partial charge in [-0.1, -0.05) is 0 Å². The van der Waals surface area contributed by atoms with Crippen molar-refractivity contribution in [2.45, 2.75) is 44.2 Å². The summed E-state index contributed by atoms with van der Waals surface area (Å²) in [6.45, 7) is 4.70. The third kappa shape index (κ3) is 2.10. The van der Waals surface area contributed by atoms with Crippen LogP contribution in [0.3, 0.4) is 0 Å². The van der Waals surface area contributed by atoms with E-state index in [1.165, 1.54) is 0 Å². The Kier molecular flexibility index (Phi) is 3.10. The predicted octanol–water partition coefficient (Wildman–Crippen LogP) is 1.31. The van der Waals surface area contributed by atoms with Crippen molar-refractivity contribution in [3.63, 3.8) is 0 Å². The average Bonchev–Trinajstić information content (AvgIpc) is 2.19. The molecule has 2 heterocycles. The molecule has 2 unspecified atom stereocenters. The summed E-state index contributed by atoms with van der Waals surface area (Å²) >= 11 is 0. The van der Waals surface area contributed by atoms with Crippen LogP contribution in [0.2, 0.25) is 0 Å². The molecule has 1 spiro atoms. The maximum absolute atomic E-state index is 5.97. The van der Waals surface area contributed by atoms with Gasteiger partial charge in [0.2, 0.25) is 0 Å². The standard InChI is InChI=1S/C11H21NO2/c1-9(12)10-2-5-14-11(8-10)3-6-13-7-4-11/h9-10H,2-8,12H2,1H3. The first kappa shape index (κ1) is 10.4. The number of nitrogens with two attached hydrogens (primary N) is 1. The van der Waals surface area contributed by atoms with Crippen molar-refractivity contribution < 1.29 is 9.47 Å². The summed E-state index contributed by atoms with van der Waals surface area (Å²) in [5, 5.41) is 0. The molecule has 2 aliphatic rings. The van der Waals surface area contributed by atoms with Crippen molar-refractivity contribution in [1.29, 1.82) is 0 Å². The van der Waals surface area contributed by atoms with Crippen molar-refractivity contribution >= 4 is 0 Å². The van der Waals surface area contributed by atoms with Gasteiger partial charge in [0.1, 0.15) is 0 Å². The van der Waals surface area contributed by atoms with Crippen molar-refractivity contribution in [2.75, 3.05) is 19.8 Å². The van der Waals surface area contributed by atoms with Gasteiger partial charge >= 0.3 is 0 Å². The number of rotatable bonds is 1. The van der Waals surface area contributed by atoms with Crippen LogP contribution >= 0.6 is 0 Å². The lowest BCUT2D eigenvalue weighted by Gasteiger charge is -2.44. The second-order valence-electron chi connectivity index (χ2n) is 4.76. The fourth-order valence-electron chi connectivity index (χ4n) is 2.61. The molecule has 2 N–H and O–H groups in total. The third-order valence-electron chi connectivity index (χ3n) is 3.68. The second kappa shape index (κ2) is 4.17. The molecule has 3 heteroatoms. The van der Waals surface area contributed by atoms with Gasteiger partial charge in [0.15, 0.2) is 0 Å². The van der Waals surface area contributed by atoms with Gasteiger partial charge in [-0.15, -0.1) is 0 Å². The zero-order valence-corrected chi connectivity index (χ0v) is 9.00. The Labute approximate surface area is 85.9 Å². The van der Waals surface area contributed by atoms with E-state index in [-0.39, 0.29) is 5.60 Å². The summed E-state index contributed by atoms with van der Waals surface area (Å²) < 4.78 is 11.3. The van der Waals surface area contributed by atoms with Gasteiger partial charge in [0, 0.05) is 25.9 Å². The molecule has 82 valence electrons. The van der Waals surface area contributed by atoms with E-state index in [1.807, 2.05) is 0 Å².